The molecule has 0 unspecified atom stereocenters. The zero-order valence-corrected chi connectivity index (χ0v) is 13.9. The standard InChI is InChI=1S/C17H19N3O2S/c1-11(12-5-7-18-8-6-12)19-17(22)13-10-15(21)20(2)16(13)14-4-3-9-23-14/h3-9,11,13,16H,10H2,1-2H3,(H,19,22)/t11-,13-,16-/m0/s1. The minimum absolute atomic E-state index is 0.0140. The number of hydrogen-bond acceptors (Lipinski definition) is 4. The summed E-state index contributed by atoms with van der Waals surface area (Å²) in [7, 11) is 1.77. The molecule has 120 valence electrons. The van der Waals surface area contributed by atoms with Crippen LogP contribution in [-0.4, -0.2) is 28.7 Å². The van der Waals surface area contributed by atoms with E-state index >= 15 is 0 Å². The number of thiophene rings is 1. The molecule has 1 saturated heterocycles. The molecule has 3 atom stereocenters. The van der Waals surface area contributed by atoms with Crippen molar-refractivity contribution >= 4 is 23.2 Å². The van der Waals surface area contributed by atoms with Crippen LogP contribution in [-0.2, 0) is 9.59 Å². The molecule has 2 aromatic heterocycles. The van der Waals surface area contributed by atoms with E-state index in [0.717, 1.165) is 10.4 Å². The number of carbonyl (C=O) groups excluding carboxylic acids is 2. The van der Waals surface area contributed by atoms with Crippen molar-refractivity contribution in [1.82, 2.24) is 15.2 Å². The molecule has 2 aromatic rings. The summed E-state index contributed by atoms with van der Waals surface area (Å²) < 4.78 is 0. The van der Waals surface area contributed by atoms with Gasteiger partial charge in [0.1, 0.15) is 0 Å². The molecule has 1 aliphatic heterocycles. The normalized spacial score (nSPS) is 22.2. The highest BCUT2D eigenvalue weighted by Gasteiger charge is 2.43. The Morgan fingerprint density at radius 3 is 2.78 bits per heavy atom. The first-order valence-corrected chi connectivity index (χ1v) is 8.45. The number of rotatable bonds is 4. The third-order valence-electron chi connectivity index (χ3n) is 4.32. The number of pyridine rings is 1. The number of amides is 2. The predicted octanol–water partition coefficient (Wildman–Crippen LogP) is 2.54. The largest absolute Gasteiger partial charge is 0.349 e. The van der Waals surface area contributed by atoms with E-state index in [9.17, 15) is 9.59 Å². The molecule has 5 nitrogen and oxygen atoms in total. The van der Waals surface area contributed by atoms with Gasteiger partial charge in [-0.15, -0.1) is 11.3 Å². The summed E-state index contributed by atoms with van der Waals surface area (Å²) in [5, 5.41) is 5.00. The van der Waals surface area contributed by atoms with E-state index in [2.05, 4.69) is 10.3 Å². The molecule has 0 saturated carbocycles. The van der Waals surface area contributed by atoms with Crippen LogP contribution in [0.3, 0.4) is 0 Å². The number of nitrogens with zero attached hydrogens (tertiary/aromatic N) is 2. The first-order valence-electron chi connectivity index (χ1n) is 7.57. The molecule has 0 radical (unpaired) electrons. The minimum Gasteiger partial charge on any atom is -0.349 e. The van der Waals surface area contributed by atoms with Crippen LogP contribution in [0.1, 0.15) is 35.9 Å². The van der Waals surface area contributed by atoms with Crippen LogP contribution in [0.4, 0.5) is 0 Å². The van der Waals surface area contributed by atoms with Crippen LogP contribution in [0.25, 0.3) is 0 Å². The molecule has 3 rings (SSSR count). The molecule has 2 amide bonds. The Labute approximate surface area is 139 Å². The number of nitrogens with one attached hydrogen (secondary N) is 1. The van der Waals surface area contributed by atoms with Crippen LogP contribution in [0.2, 0.25) is 0 Å². The second-order valence-corrected chi connectivity index (χ2v) is 6.77. The monoisotopic (exact) mass is 329 g/mol. The van der Waals surface area contributed by atoms with Gasteiger partial charge in [-0.25, -0.2) is 0 Å². The SMILES string of the molecule is C[C@H](NC(=O)[C@H]1CC(=O)N(C)[C@@H]1c1cccs1)c1ccncc1. The summed E-state index contributed by atoms with van der Waals surface area (Å²) >= 11 is 1.58. The molecule has 1 fully saturated rings. The second-order valence-electron chi connectivity index (χ2n) is 5.79. The van der Waals surface area contributed by atoms with Crippen LogP contribution in [0.5, 0.6) is 0 Å². The molecule has 0 spiro atoms. The lowest BCUT2D eigenvalue weighted by Gasteiger charge is -2.24. The fourth-order valence-electron chi connectivity index (χ4n) is 3.01. The topological polar surface area (TPSA) is 62.3 Å². The van der Waals surface area contributed by atoms with Crippen LogP contribution in [0.15, 0.2) is 42.0 Å². The highest BCUT2D eigenvalue weighted by Crippen LogP contribution is 2.39. The Balaban J connectivity index is 1.77. The van der Waals surface area contributed by atoms with Gasteiger partial charge in [-0.2, -0.15) is 0 Å². The maximum Gasteiger partial charge on any atom is 0.226 e. The molecule has 0 aromatic carbocycles. The van der Waals surface area contributed by atoms with Crippen molar-refractivity contribution in [1.29, 1.82) is 0 Å². The lowest BCUT2D eigenvalue weighted by Crippen LogP contribution is -2.35. The van der Waals surface area contributed by atoms with Crippen LogP contribution >= 0.6 is 11.3 Å². The van der Waals surface area contributed by atoms with Gasteiger partial charge in [-0.05, 0) is 36.1 Å². The van der Waals surface area contributed by atoms with Crippen LogP contribution < -0.4 is 5.32 Å². The molecule has 1 N–H and O–H groups in total. The van der Waals surface area contributed by atoms with Gasteiger partial charge in [0.05, 0.1) is 18.0 Å². The summed E-state index contributed by atoms with van der Waals surface area (Å²) in [6, 6.07) is 7.41. The second kappa shape index (κ2) is 6.50. The zero-order valence-electron chi connectivity index (χ0n) is 13.1. The maximum atomic E-state index is 12.7. The van der Waals surface area contributed by atoms with E-state index in [1.54, 1.807) is 35.7 Å². The molecule has 0 bridgehead atoms. The van der Waals surface area contributed by atoms with Crippen molar-refractivity contribution < 1.29 is 9.59 Å². The van der Waals surface area contributed by atoms with E-state index in [0.29, 0.717) is 0 Å². The van der Waals surface area contributed by atoms with Gasteiger partial charge in [0, 0.05) is 30.7 Å². The molecule has 6 heteroatoms. The van der Waals surface area contributed by atoms with Crippen LogP contribution in [0, 0.1) is 5.92 Å². The molecule has 1 aliphatic rings. The fourth-order valence-corrected chi connectivity index (χ4v) is 3.94. The van der Waals surface area contributed by atoms with Gasteiger partial charge in [0.15, 0.2) is 0 Å². The van der Waals surface area contributed by atoms with Crippen molar-refractivity contribution in [3.63, 3.8) is 0 Å². The summed E-state index contributed by atoms with van der Waals surface area (Å²) in [4.78, 5) is 31.5. The van der Waals surface area contributed by atoms with Crippen molar-refractivity contribution in [2.45, 2.75) is 25.4 Å². The summed E-state index contributed by atoms with van der Waals surface area (Å²) in [5.41, 5.74) is 0.999. The maximum absolute atomic E-state index is 12.7. The zero-order chi connectivity index (χ0) is 16.4. The lowest BCUT2D eigenvalue weighted by molar-refractivity contribution is -0.128. The van der Waals surface area contributed by atoms with Gasteiger partial charge < -0.3 is 10.2 Å². The first-order chi connectivity index (χ1) is 11.1. The highest BCUT2D eigenvalue weighted by molar-refractivity contribution is 7.10. The third-order valence-corrected chi connectivity index (χ3v) is 5.27. The minimum atomic E-state index is -0.351. The van der Waals surface area contributed by atoms with Crippen molar-refractivity contribution in [2.24, 2.45) is 5.92 Å². The highest BCUT2D eigenvalue weighted by atomic mass is 32.1. The fraction of sp³-hybridized carbons (Fsp3) is 0.353. The number of likely N-dealkylation sites (tertiary alicyclic amines) is 1. The summed E-state index contributed by atoms with van der Waals surface area (Å²) in [5.74, 6) is -0.416. The summed E-state index contributed by atoms with van der Waals surface area (Å²) in [6.45, 7) is 1.94. The van der Waals surface area contributed by atoms with Gasteiger partial charge in [0.2, 0.25) is 11.8 Å². The predicted molar refractivity (Wildman–Crippen MR) is 88.7 cm³/mol. The quantitative estimate of drug-likeness (QED) is 0.937. The summed E-state index contributed by atoms with van der Waals surface area (Å²) in [6.07, 6.45) is 3.67. The van der Waals surface area contributed by atoms with Gasteiger partial charge >= 0.3 is 0 Å². The van der Waals surface area contributed by atoms with Crippen molar-refractivity contribution in [2.75, 3.05) is 7.05 Å². The van der Waals surface area contributed by atoms with E-state index in [4.69, 9.17) is 0 Å². The van der Waals surface area contributed by atoms with E-state index in [1.807, 2.05) is 36.6 Å². The molecular weight excluding hydrogens is 310 g/mol. The number of hydrogen-bond donors (Lipinski definition) is 1. The smallest absolute Gasteiger partial charge is 0.226 e. The van der Waals surface area contributed by atoms with Crippen molar-refractivity contribution in [3.05, 3.63) is 52.5 Å². The Bertz CT molecular complexity index is 687. The van der Waals surface area contributed by atoms with Gasteiger partial charge in [-0.3, -0.25) is 14.6 Å². The average molecular weight is 329 g/mol. The van der Waals surface area contributed by atoms with Crippen molar-refractivity contribution in [3.8, 4) is 0 Å². The molecular formula is C17H19N3O2S. The first kappa shape index (κ1) is 15.7. The van der Waals surface area contributed by atoms with Gasteiger partial charge in [-0.1, -0.05) is 6.07 Å². The number of aromatic nitrogens is 1. The lowest BCUT2D eigenvalue weighted by atomic mass is 9.97. The molecule has 0 aliphatic carbocycles. The Kier molecular flexibility index (Phi) is 4.43. The third kappa shape index (κ3) is 3.12. The van der Waals surface area contributed by atoms with E-state index in [-0.39, 0.29) is 36.2 Å². The van der Waals surface area contributed by atoms with E-state index in [1.165, 1.54) is 0 Å². The number of carbonyl (C=O) groups is 2. The molecule has 23 heavy (non-hydrogen) atoms. The van der Waals surface area contributed by atoms with Gasteiger partial charge in [0.25, 0.3) is 0 Å². The Morgan fingerprint density at radius 2 is 2.13 bits per heavy atom. The molecule has 3 heterocycles. The Morgan fingerprint density at radius 1 is 1.39 bits per heavy atom. The van der Waals surface area contributed by atoms with E-state index < -0.39 is 0 Å². The Hall–Kier alpha value is -2.21. The average Bonchev–Trinajstić information content (AvgIpc) is 3.17.